The van der Waals surface area contributed by atoms with Crippen molar-refractivity contribution in [3.63, 3.8) is 0 Å². The molecule has 138 valence electrons. The molecule has 8 heteroatoms. The number of aryl methyl sites for hydroxylation is 1. The summed E-state index contributed by atoms with van der Waals surface area (Å²) in [5, 5.41) is 10.6. The summed E-state index contributed by atoms with van der Waals surface area (Å²) >= 11 is 1.47. The van der Waals surface area contributed by atoms with E-state index >= 15 is 0 Å². The molecule has 1 atom stereocenters. The predicted octanol–water partition coefficient (Wildman–Crippen LogP) is 3.26. The van der Waals surface area contributed by atoms with Crippen LogP contribution in [-0.4, -0.2) is 30.9 Å². The highest BCUT2D eigenvalue weighted by atomic mass is 32.1. The Bertz CT molecular complexity index is 1140. The Hall–Kier alpha value is -3.00. The van der Waals surface area contributed by atoms with E-state index in [1.165, 1.54) is 11.3 Å². The Kier molecular flexibility index (Phi) is 4.49. The fourth-order valence-corrected chi connectivity index (χ4v) is 4.03. The summed E-state index contributed by atoms with van der Waals surface area (Å²) in [6.07, 6.45) is 3.21. The molecule has 0 N–H and O–H groups in total. The Morgan fingerprint density at radius 2 is 2.00 bits per heavy atom. The number of benzene rings is 1. The van der Waals surface area contributed by atoms with E-state index in [9.17, 15) is 4.79 Å². The fourth-order valence-electron chi connectivity index (χ4n) is 3.13. The minimum Gasteiger partial charge on any atom is -0.494 e. The second kappa shape index (κ2) is 6.96. The summed E-state index contributed by atoms with van der Waals surface area (Å²) < 4.78 is 8.92. The fraction of sp³-hybridized carbons (Fsp3) is 0.263. The molecule has 0 saturated carbocycles. The van der Waals surface area contributed by atoms with E-state index in [2.05, 4.69) is 15.2 Å². The van der Waals surface area contributed by atoms with E-state index in [0.717, 1.165) is 21.7 Å². The van der Waals surface area contributed by atoms with Crippen LogP contribution in [-0.2, 0) is 7.05 Å². The van der Waals surface area contributed by atoms with Gasteiger partial charge >= 0.3 is 0 Å². The van der Waals surface area contributed by atoms with Crippen LogP contribution in [0.4, 0.5) is 0 Å². The molecule has 4 rings (SSSR count). The molecule has 0 radical (unpaired) electrons. The first-order valence-electron chi connectivity index (χ1n) is 8.65. The summed E-state index contributed by atoms with van der Waals surface area (Å²) in [4.78, 5) is 18.5. The Balaban J connectivity index is 1.82. The molecule has 0 aliphatic heterocycles. The maximum atomic E-state index is 13.2. The SMILES string of the molecule is CCOc1ccc(-c2csc3ncn(C(C)c4nncn4C)c(=O)c23)cc1. The van der Waals surface area contributed by atoms with Gasteiger partial charge in [-0.3, -0.25) is 9.36 Å². The third-order valence-electron chi connectivity index (χ3n) is 4.53. The van der Waals surface area contributed by atoms with Crippen molar-refractivity contribution in [1.29, 1.82) is 0 Å². The minimum atomic E-state index is -0.269. The lowest BCUT2D eigenvalue weighted by atomic mass is 10.1. The van der Waals surface area contributed by atoms with Crippen LogP contribution in [0.25, 0.3) is 21.3 Å². The van der Waals surface area contributed by atoms with Gasteiger partial charge in [0.15, 0.2) is 5.82 Å². The van der Waals surface area contributed by atoms with Gasteiger partial charge in [-0.1, -0.05) is 12.1 Å². The first kappa shape index (κ1) is 17.4. The molecule has 3 heterocycles. The molecule has 27 heavy (non-hydrogen) atoms. The maximum absolute atomic E-state index is 13.2. The second-order valence-corrected chi connectivity index (χ2v) is 7.08. The zero-order valence-electron chi connectivity index (χ0n) is 15.3. The zero-order chi connectivity index (χ0) is 19.0. The van der Waals surface area contributed by atoms with Crippen molar-refractivity contribution in [2.45, 2.75) is 19.9 Å². The summed E-state index contributed by atoms with van der Waals surface area (Å²) in [6.45, 7) is 4.49. The van der Waals surface area contributed by atoms with Gasteiger partial charge < -0.3 is 9.30 Å². The van der Waals surface area contributed by atoms with Gasteiger partial charge in [0.05, 0.1) is 24.4 Å². The van der Waals surface area contributed by atoms with Crippen molar-refractivity contribution >= 4 is 21.6 Å². The van der Waals surface area contributed by atoms with E-state index in [1.54, 1.807) is 17.2 Å². The zero-order valence-corrected chi connectivity index (χ0v) is 16.1. The number of thiophene rings is 1. The maximum Gasteiger partial charge on any atom is 0.263 e. The summed E-state index contributed by atoms with van der Waals surface area (Å²) in [5.41, 5.74) is 1.77. The normalized spacial score (nSPS) is 12.4. The number of fused-ring (bicyclic) bond motifs is 1. The molecule has 0 amide bonds. The summed E-state index contributed by atoms with van der Waals surface area (Å²) in [5.74, 6) is 1.52. The first-order valence-corrected chi connectivity index (χ1v) is 9.53. The van der Waals surface area contributed by atoms with Gasteiger partial charge in [0.2, 0.25) is 0 Å². The van der Waals surface area contributed by atoms with Gasteiger partial charge in [-0.05, 0) is 31.5 Å². The molecule has 7 nitrogen and oxygen atoms in total. The second-order valence-electron chi connectivity index (χ2n) is 6.22. The highest BCUT2D eigenvalue weighted by molar-refractivity contribution is 7.17. The van der Waals surface area contributed by atoms with Gasteiger partial charge in [-0.2, -0.15) is 0 Å². The summed E-state index contributed by atoms with van der Waals surface area (Å²) in [6, 6.07) is 7.50. The molecule has 0 aliphatic carbocycles. The predicted molar refractivity (Wildman–Crippen MR) is 105 cm³/mol. The standard InChI is InChI=1S/C19H19N5O2S/c1-4-26-14-7-5-13(6-8-14)15-9-27-18-16(15)19(25)24(10-20-18)12(2)17-22-21-11-23(17)3/h5-12H,4H2,1-3H3. The number of rotatable bonds is 5. The molecule has 1 unspecified atom stereocenters. The molecule has 4 aromatic rings. The minimum absolute atomic E-state index is 0.0827. The van der Waals surface area contributed by atoms with E-state index in [1.807, 2.05) is 55.1 Å². The van der Waals surface area contributed by atoms with Crippen molar-refractivity contribution in [2.75, 3.05) is 6.61 Å². The van der Waals surface area contributed by atoms with E-state index in [-0.39, 0.29) is 11.6 Å². The number of hydrogen-bond acceptors (Lipinski definition) is 6. The van der Waals surface area contributed by atoms with E-state index < -0.39 is 0 Å². The molecule has 1 aromatic carbocycles. The number of ether oxygens (including phenoxy) is 1. The third-order valence-corrected chi connectivity index (χ3v) is 5.42. The molecular formula is C19H19N5O2S. The first-order chi connectivity index (χ1) is 13.1. The quantitative estimate of drug-likeness (QED) is 0.530. The Morgan fingerprint density at radius 3 is 2.67 bits per heavy atom. The van der Waals surface area contributed by atoms with Crippen LogP contribution in [0.5, 0.6) is 5.75 Å². The molecule has 0 bridgehead atoms. The van der Waals surface area contributed by atoms with Gasteiger partial charge in [0.25, 0.3) is 5.56 Å². The summed E-state index contributed by atoms with van der Waals surface area (Å²) in [7, 11) is 1.86. The van der Waals surface area contributed by atoms with Crippen LogP contribution in [0, 0.1) is 0 Å². The lowest BCUT2D eigenvalue weighted by Crippen LogP contribution is -2.25. The molecule has 0 spiro atoms. The van der Waals surface area contributed by atoms with Crippen molar-refractivity contribution in [3.05, 3.63) is 58.5 Å². The number of nitrogens with zero attached hydrogens (tertiary/aromatic N) is 5. The largest absolute Gasteiger partial charge is 0.494 e. The molecule has 3 aromatic heterocycles. The highest BCUT2D eigenvalue weighted by Crippen LogP contribution is 2.32. The average molecular weight is 381 g/mol. The monoisotopic (exact) mass is 381 g/mol. The average Bonchev–Trinajstić information content (AvgIpc) is 3.29. The van der Waals surface area contributed by atoms with Crippen molar-refractivity contribution in [2.24, 2.45) is 7.05 Å². The van der Waals surface area contributed by atoms with Gasteiger partial charge in [-0.15, -0.1) is 21.5 Å². The van der Waals surface area contributed by atoms with Crippen LogP contribution in [0.1, 0.15) is 25.7 Å². The van der Waals surface area contributed by atoms with Crippen LogP contribution < -0.4 is 10.3 Å². The van der Waals surface area contributed by atoms with E-state index in [4.69, 9.17) is 4.74 Å². The van der Waals surface area contributed by atoms with Crippen LogP contribution >= 0.6 is 11.3 Å². The van der Waals surface area contributed by atoms with Gasteiger partial charge in [0, 0.05) is 18.0 Å². The van der Waals surface area contributed by atoms with Crippen molar-refractivity contribution in [3.8, 4) is 16.9 Å². The lowest BCUT2D eigenvalue weighted by Gasteiger charge is -2.14. The Morgan fingerprint density at radius 1 is 1.22 bits per heavy atom. The van der Waals surface area contributed by atoms with Crippen LogP contribution in [0.15, 0.2) is 47.1 Å². The van der Waals surface area contributed by atoms with Crippen molar-refractivity contribution in [1.82, 2.24) is 24.3 Å². The molecule has 0 aliphatic rings. The van der Waals surface area contributed by atoms with Gasteiger partial charge in [0.1, 0.15) is 16.9 Å². The smallest absolute Gasteiger partial charge is 0.263 e. The Labute approximate surface area is 159 Å². The number of aromatic nitrogens is 5. The molecule has 0 saturated heterocycles. The van der Waals surface area contributed by atoms with E-state index in [0.29, 0.717) is 17.8 Å². The highest BCUT2D eigenvalue weighted by Gasteiger charge is 2.19. The lowest BCUT2D eigenvalue weighted by molar-refractivity contribution is 0.340. The van der Waals surface area contributed by atoms with Gasteiger partial charge in [-0.25, -0.2) is 4.98 Å². The third kappa shape index (κ3) is 3.02. The topological polar surface area (TPSA) is 74.8 Å². The molecular weight excluding hydrogens is 362 g/mol. The van der Waals surface area contributed by atoms with Crippen LogP contribution in [0.3, 0.4) is 0 Å². The molecule has 0 fully saturated rings. The number of hydrogen-bond donors (Lipinski definition) is 0. The van der Waals surface area contributed by atoms with Crippen molar-refractivity contribution < 1.29 is 4.74 Å². The van der Waals surface area contributed by atoms with Crippen LogP contribution in [0.2, 0.25) is 0 Å².